The molecule has 0 bridgehead atoms. The van der Waals surface area contributed by atoms with Gasteiger partial charge in [0.2, 0.25) is 5.91 Å². The van der Waals surface area contributed by atoms with E-state index >= 15 is 0 Å². The lowest BCUT2D eigenvalue weighted by molar-refractivity contribution is -0.120. The smallest absolute Gasteiger partial charge is 0.257 e. The van der Waals surface area contributed by atoms with E-state index in [0.29, 0.717) is 30.8 Å². The van der Waals surface area contributed by atoms with Crippen molar-refractivity contribution in [2.75, 3.05) is 13.1 Å². The van der Waals surface area contributed by atoms with Crippen molar-refractivity contribution in [2.24, 2.45) is 0 Å². The number of furan rings is 1. The second-order valence-electron chi connectivity index (χ2n) is 7.37. The third-order valence-corrected chi connectivity index (χ3v) is 5.75. The Morgan fingerprint density at radius 2 is 2.12 bits per heavy atom. The molecule has 4 heterocycles. The van der Waals surface area contributed by atoms with Crippen molar-refractivity contribution in [3.63, 3.8) is 0 Å². The number of nitrogens with one attached hydrogen (secondary N) is 1. The second-order valence-corrected chi connectivity index (χ2v) is 7.37. The second kappa shape index (κ2) is 6.27. The highest BCUT2D eigenvalue weighted by atomic mass is 16.3. The third-order valence-electron chi connectivity index (χ3n) is 5.75. The first-order valence-corrected chi connectivity index (χ1v) is 9.06. The van der Waals surface area contributed by atoms with Crippen LogP contribution in [0.5, 0.6) is 0 Å². The molecule has 1 spiro atoms. The van der Waals surface area contributed by atoms with Crippen molar-refractivity contribution in [2.45, 2.75) is 44.6 Å². The first kappa shape index (κ1) is 16.8. The number of pyridine rings is 1. The molecule has 0 unspecified atom stereocenters. The van der Waals surface area contributed by atoms with Crippen LogP contribution in [0.25, 0.3) is 0 Å². The summed E-state index contributed by atoms with van der Waals surface area (Å²) in [6.07, 6.45) is 5.58. The van der Waals surface area contributed by atoms with Gasteiger partial charge < -0.3 is 14.6 Å². The van der Waals surface area contributed by atoms with Gasteiger partial charge in [0.25, 0.3) is 5.91 Å². The van der Waals surface area contributed by atoms with Crippen LogP contribution in [0.3, 0.4) is 0 Å². The van der Waals surface area contributed by atoms with Gasteiger partial charge in [-0.15, -0.1) is 0 Å². The van der Waals surface area contributed by atoms with Gasteiger partial charge in [0.15, 0.2) is 0 Å². The van der Waals surface area contributed by atoms with E-state index in [1.807, 2.05) is 37.1 Å². The predicted octanol–water partition coefficient (Wildman–Crippen LogP) is 2.57. The first-order valence-electron chi connectivity index (χ1n) is 9.06. The van der Waals surface area contributed by atoms with Crippen LogP contribution < -0.4 is 5.32 Å². The lowest BCUT2D eigenvalue weighted by atomic mass is 9.74. The van der Waals surface area contributed by atoms with Gasteiger partial charge in [-0.05, 0) is 44.4 Å². The molecule has 2 aliphatic rings. The maximum atomic E-state index is 12.8. The largest absolute Gasteiger partial charge is 0.466 e. The molecular formula is C20H23N3O3. The van der Waals surface area contributed by atoms with Gasteiger partial charge in [-0.25, -0.2) is 0 Å². The van der Waals surface area contributed by atoms with Crippen molar-refractivity contribution in [1.29, 1.82) is 0 Å². The molecule has 2 aliphatic heterocycles. The summed E-state index contributed by atoms with van der Waals surface area (Å²) < 4.78 is 5.50. The van der Waals surface area contributed by atoms with Gasteiger partial charge >= 0.3 is 0 Å². The van der Waals surface area contributed by atoms with E-state index < -0.39 is 0 Å². The number of hydrogen-bond donors (Lipinski definition) is 1. The maximum absolute atomic E-state index is 12.8. The summed E-state index contributed by atoms with van der Waals surface area (Å²) >= 11 is 0. The van der Waals surface area contributed by atoms with Crippen LogP contribution in [0.15, 0.2) is 35.0 Å². The van der Waals surface area contributed by atoms with Crippen LogP contribution >= 0.6 is 0 Å². The van der Waals surface area contributed by atoms with Crippen LogP contribution in [0, 0.1) is 13.8 Å². The van der Waals surface area contributed by atoms with E-state index in [-0.39, 0.29) is 23.3 Å². The Labute approximate surface area is 152 Å². The molecule has 4 rings (SSSR count). The normalized spacial score (nSPS) is 21.8. The summed E-state index contributed by atoms with van der Waals surface area (Å²) in [6.45, 7) is 4.92. The molecule has 136 valence electrons. The Morgan fingerprint density at radius 3 is 2.73 bits per heavy atom. The van der Waals surface area contributed by atoms with E-state index in [9.17, 15) is 9.59 Å². The highest BCUT2D eigenvalue weighted by Crippen LogP contribution is 2.43. The Kier molecular flexibility index (Phi) is 4.05. The SMILES string of the molecule is Cc1cc(C(=O)N2CCC3(CC2)NC(=O)C[C@H]3c2cccnc2)c(C)o1. The molecular weight excluding hydrogens is 330 g/mol. The van der Waals surface area contributed by atoms with Crippen LogP contribution in [0.2, 0.25) is 0 Å². The summed E-state index contributed by atoms with van der Waals surface area (Å²) in [7, 11) is 0. The minimum Gasteiger partial charge on any atom is -0.466 e. The van der Waals surface area contributed by atoms with Gasteiger partial charge in [0.1, 0.15) is 11.5 Å². The van der Waals surface area contributed by atoms with Crippen LogP contribution in [0.1, 0.15) is 52.6 Å². The number of aryl methyl sites for hydroxylation is 2. The van der Waals surface area contributed by atoms with Crippen molar-refractivity contribution in [1.82, 2.24) is 15.2 Å². The minimum absolute atomic E-state index is 0.0106. The van der Waals surface area contributed by atoms with Crippen molar-refractivity contribution in [3.8, 4) is 0 Å². The summed E-state index contributed by atoms with van der Waals surface area (Å²) in [5.41, 5.74) is 1.45. The molecule has 26 heavy (non-hydrogen) atoms. The summed E-state index contributed by atoms with van der Waals surface area (Å²) in [4.78, 5) is 31.1. The van der Waals surface area contributed by atoms with Gasteiger partial charge in [-0.1, -0.05) is 6.07 Å². The molecule has 2 amide bonds. The van der Waals surface area contributed by atoms with E-state index in [4.69, 9.17) is 4.42 Å². The topological polar surface area (TPSA) is 75.4 Å². The zero-order valence-corrected chi connectivity index (χ0v) is 15.1. The zero-order chi connectivity index (χ0) is 18.3. The monoisotopic (exact) mass is 353 g/mol. The Hall–Kier alpha value is -2.63. The lowest BCUT2D eigenvalue weighted by Crippen LogP contribution is -2.54. The number of carbonyl (C=O) groups excluding carboxylic acids is 2. The van der Waals surface area contributed by atoms with Crippen LogP contribution in [-0.2, 0) is 4.79 Å². The fourth-order valence-corrected chi connectivity index (χ4v) is 4.41. The highest BCUT2D eigenvalue weighted by Gasteiger charge is 2.49. The van der Waals surface area contributed by atoms with Gasteiger partial charge in [-0.2, -0.15) is 0 Å². The number of rotatable bonds is 2. The standard InChI is InChI=1S/C20H23N3O3/c1-13-10-16(14(2)26-13)19(25)23-8-5-20(6-9-23)17(11-18(24)22-20)15-4-3-7-21-12-15/h3-4,7,10,12,17H,5-6,8-9,11H2,1-2H3,(H,22,24)/t17-/m0/s1. The van der Waals surface area contributed by atoms with Crippen molar-refractivity contribution >= 4 is 11.8 Å². The fraction of sp³-hybridized carbons (Fsp3) is 0.450. The average molecular weight is 353 g/mol. The zero-order valence-electron chi connectivity index (χ0n) is 15.1. The molecule has 1 atom stereocenters. The number of nitrogens with zero attached hydrogens (tertiary/aromatic N) is 2. The van der Waals surface area contributed by atoms with Crippen molar-refractivity contribution < 1.29 is 14.0 Å². The Morgan fingerprint density at radius 1 is 1.35 bits per heavy atom. The number of amides is 2. The van der Waals surface area contributed by atoms with Gasteiger partial charge in [-0.3, -0.25) is 14.6 Å². The molecule has 6 nitrogen and oxygen atoms in total. The van der Waals surface area contributed by atoms with E-state index in [2.05, 4.69) is 10.3 Å². The van der Waals surface area contributed by atoms with E-state index in [0.717, 1.165) is 24.2 Å². The summed E-state index contributed by atoms with van der Waals surface area (Å²) in [6, 6.07) is 5.75. The summed E-state index contributed by atoms with van der Waals surface area (Å²) in [5.74, 6) is 1.62. The molecule has 0 aromatic carbocycles. The Balaban J connectivity index is 1.52. The number of aromatic nitrogens is 1. The molecule has 0 aliphatic carbocycles. The predicted molar refractivity (Wildman–Crippen MR) is 95.8 cm³/mol. The van der Waals surface area contributed by atoms with Crippen LogP contribution in [0.4, 0.5) is 0 Å². The number of carbonyl (C=O) groups is 2. The molecule has 2 aromatic rings. The quantitative estimate of drug-likeness (QED) is 0.900. The molecule has 2 fully saturated rings. The Bertz CT molecular complexity index is 835. The highest BCUT2D eigenvalue weighted by molar-refractivity contribution is 5.95. The molecule has 2 aromatic heterocycles. The lowest BCUT2D eigenvalue weighted by Gasteiger charge is -2.42. The number of piperidine rings is 1. The molecule has 6 heteroatoms. The molecule has 1 N–H and O–H groups in total. The fourth-order valence-electron chi connectivity index (χ4n) is 4.41. The summed E-state index contributed by atoms with van der Waals surface area (Å²) in [5, 5.41) is 3.21. The first-order chi connectivity index (χ1) is 12.5. The average Bonchev–Trinajstić information content (AvgIpc) is 3.14. The molecule has 0 saturated carbocycles. The number of hydrogen-bond acceptors (Lipinski definition) is 4. The number of likely N-dealkylation sites (tertiary alicyclic amines) is 1. The minimum atomic E-state index is -0.280. The van der Waals surface area contributed by atoms with E-state index in [1.165, 1.54) is 0 Å². The molecule has 2 saturated heterocycles. The molecule has 0 radical (unpaired) electrons. The maximum Gasteiger partial charge on any atom is 0.257 e. The van der Waals surface area contributed by atoms with Crippen molar-refractivity contribution in [3.05, 3.63) is 53.2 Å². The third kappa shape index (κ3) is 2.79. The van der Waals surface area contributed by atoms with E-state index in [1.54, 1.807) is 12.3 Å². The van der Waals surface area contributed by atoms with Gasteiger partial charge in [0, 0.05) is 37.8 Å². The van der Waals surface area contributed by atoms with Crippen LogP contribution in [-0.4, -0.2) is 40.3 Å². The van der Waals surface area contributed by atoms with Gasteiger partial charge in [0.05, 0.1) is 11.1 Å².